The third-order valence-electron chi connectivity index (χ3n) is 1.30. The summed E-state index contributed by atoms with van der Waals surface area (Å²) in [5.74, 6) is -0.266. The monoisotopic (exact) mass is 230 g/mol. The third-order valence-corrected chi connectivity index (χ3v) is 3.47. The summed E-state index contributed by atoms with van der Waals surface area (Å²) in [5.41, 5.74) is 0.815. The van der Waals surface area contributed by atoms with Crippen molar-refractivity contribution in [3.63, 3.8) is 0 Å². The number of aromatic nitrogens is 2. The maximum absolute atomic E-state index is 10.3. The van der Waals surface area contributed by atoms with Crippen LogP contribution in [0.4, 0.5) is 0 Å². The fourth-order valence-corrected chi connectivity index (χ4v) is 2.49. The van der Waals surface area contributed by atoms with Crippen LogP contribution in [0.15, 0.2) is 16.0 Å². The number of aryl methyl sites for hydroxylation is 1. The molecule has 0 atom stereocenters. The first kappa shape index (κ1) is 11.2. The molecule has 0 unspecified atom stereocenters. The normalized spacial score (nSPS) is 11.7. The molecular weight excluding hydrogens is 220 g/mol. The number of hydrogen-bond acceptors (Lipinski definition) is 5. The highest BCUT2D eigenvalue weighted by atomic mass is 32.2. The van der Waals surface area contributed by atoms with Crippen LogP contribution in [-0.2, 0) is 4.79 Å². The van der Waals surface area contributed by atoms with Gasteiger partial charge in [0.05, 0.1) is 0 Å². The average Bonchev–Trinajstić information content (AvgIpc) is 2.47. The van der Waals surface area contributed by atoms with Crippen LogP contribution in [0.3, 0.4) is 0 Å². The lowest BCUT2D eigenvalue weighted by molar-refractivity contribution is -0.131. The summed E-state index contributed by atoms with van der Waals surface area (Å²) in [7, 11) is 0. The van der Waals surface area contributed by atoms with Gasteiger partial charge in [-0.3, -0.25) is 0 Å². The molecule has 0 aliphatic rings. The van der Waals surface area contributed by atoms with Crippen molar-refractivity contribution in [3.8, 4) is 0 Å². The van der Waals surface area contributed by atoms with Crippen molar-refractivity contribution in [1.29, 1.82) is 0 Å². The number of nitrogens with zero attached hydrogens (tertiary/aromatic N) is 2. The number of rotatable bonds is 4. The number of carboxylic acids is 1. The standard InChI is InChI=1S/C8H10N2O2S2/c1-5(3-7(11)12)4-13-8-10-9-6(2)14-8/h3H,4H2,1-2H3,(H,11,12). The second-order valence-electron chi connectivity index (χ2n) is 2.70. The van der Waals surface area contributed by atoms with E-state index in [9.17, 15) is 4.79 Å². The number of carboxylic acid groups (broad SMARTS) is 1. The Balaban J connectivity index is 2.45. The first-order valence-electron chi connectivity index (χ1n) is 3.91. The van der Waals surface area contributed by atoms with Gasteiger partial charge >= 0.3 is 5.97 Å². The van der Waals surface area contributed by atoms with Gasteiger partial charge in [0.25, 0.3) is 0 Å². The summed E-state index contributed by atoms with van der Waals surface area (Å²) < 4.78 is 0.876. The smallest absolute Gasteiger partial charge is 0.328 e. The summed E-state index contributed by atoms with van der Waals surface area (Å²) in [6.45, 7) is 3.68. The largest absolute Gasteiger partial charge is 0.478 e. The Bertz CT molecular complexity index is 360. The van der Waals surface area contributed by atoms with Crippen LogP contribution in [0, 0.1) is 6.92 Å². The topological polar surface area (TPSA) is 63.1 Å². The van der Waals surface area contributed by atoms with Crippen molar-refractivity contribution < 1.29 is 9.90 Å². The summed E-state index contributed by atoms with van der Waals surface area (Å²) in [4.78, 5) is 10.3. The summed E-state index contributed by atoms with van der Waals surface area (Å²) in [5, 5.41) is 17.2. The van der Waals surface area contributed by atoms with Gasteiger partial charge in [-0.05, 0) is 13.8 Å². The lowest BCUT2D eigenvalue weighted by Crippen LogP contribution is -1.91. The minimum absolute atomic E-state index is 0.640. The van der Waals surface area contributed by atoms with E-state index in [0.29, 0.717) is 5.75 Å². The highest BCUT2D eigenvalue weighted by Gasteiger charge is 2.02. The predicted molar refractivity (Wildman–Crippen MR) is 56.8 cm³/mol. The van der Waals surface area contributed by atoms with E-state index in [0.717, 1.165) is 14.9 Å². The van der Waals surface area contributed by atoms with Gasteiger partial charge in [-0.1, -0.05) is 28.7 Å². The molecule has 14 heavy (non-hydrogen) atoms. The molecule has 0 bridgehead atoms. The van der Waals surface area contributed by atoms with Gasteiger partial charge in [-0.2, -0.15) is 0 Å². The van der Waals surface area contributed by atoms with Gasteiger partial charge < -0.3 is 5.11 Å². The van der Waals surface area contributed by atoms with E-state index in [-0.39, 0.29) is 0 Å². The first-order valence-corrected chi connectivity index (χ1v) is 5.71. The summed E-state index contributed by atoms with van der Waals surface area (Å²) >= 11 is 3.02. The molecule has 0 fully saturated rings. The van der Waals surface area contributed by atoms with Gasteiger partial charge in [0, 0.05) is 11.8 Å². The average molecular weight is 230 g/mol. The minimum Gasteiger partial charge on any atom is -0.478 e. The van der Waals surface area contributed by atoms with Gasteiger partial charge in [-0.15, -0.1) is 10.2 Å². The van der Waals surface area contributed by atoms with Crippen LogP contribution in [0.25, 0.3) is 0 Å². The van der Waals surface area contributed by atoms with Crippen molar-refractivity contribution in [2.45, 2.75) is 18.2 Å². The molecule has 0 amide bonds. The zero-order chi connectivity index (χ0) is 10.6. The fourth-order valence-electron chi connectivity index (χ4n) is 0.765. The van der Waals surface area contributed by atoms with Gasteiger partial charge in [-0.25, -0.2) is 4.79 Å². The molecule has 1 N–H and O–H groups in total. The van der Waals surface area contributed by atoms with Gasteiger partial charge in [0.1, 0.15) is 5.01 Å². The SMILES string of the molecule is CC(=CC(=O)O)CSc1nnc(C)s1. The molecule has 0 saturated heterocycles. The lowest BCUT2D eigenvalue weighted by Gasteiger charge is -1.95. The first-order chi connectivity index (χ1) is 6.58. The Morgan fingerprint density at radius 2 is 2.36 bits per heavy atom. The number of aliphatic carboxylic acids is 1. The van der Waals surface area contributed by atoms with Crippen LogP contribution in [0.5, 0.6) is 0 Å². The quantitative estimate of drug-likeness (QED) is 0.633. The maximum atomic E-state index is 10.3. The second-order valence-corrected chi connectivity index (χ2v) is 5.11. The second kappa shape index (κ2) is 5.11. The van der Waals surface area contributed by atoms with Crippen LogP contribution < -0.4 is 0 Å². The molecular formula is C8H10N2O2S2. The third kappa shape index (κ3) is 3.89. The van der Waals surface area contributed by atoms with Crippen molar-refractivity contribution in [2.75, 3.05) is 5.75 Å². The highest BCUT2D eigenvalue weighted by molar-refractivity contribution is 8.01. The van der Waals surface area contributed by atoms with E-state index in [1.807, 2.05) is 6.92 Å². The van der Waals surface area contributed by atoms with Gasteiger partial charge in [0.15, 0.2) is 4.34 Å². The lowest BCUT2D eigenvalue weighted by atomic mass is 10.3. The van der Waals surface area contributed by atoms with E-state index < -0.39 is 5.97 Å². The van der Waals surface area contributed by atoms with E-state index in [4.69, 9.17) is 5.11 Å². The van der Waals surface area contributed by atoms with Crippen LogP contribution in [0.2, 0.25) is 0 Å². The van der Waals surface area contributed by atoms with Crippen molar-refractivity contribution in [2.24, 2.45) is 0 Å². The van der Waals surface area contributed by atoms with Crippen LogP contribution >= 0.6 is 23.1 Å². The van der Waals surface area contributed by atoms with E-state index >= 15 is 0 Å². The molecule has 0 aromatic carbocycles. The van der Waals surface area contributed by atoms with Gasteiger partial charge in [0.2, 0.25) is 0 Å². The molecule has 1 aromatic heterocycles. The number of hydrogen-bond donors (Lipinski definition) is 1. The van der Waals surface area contributed by atoms with Crippen LogP contribution in [-0.4, -0.2) is 27.0 Å². The van der Waals surface area contributed by atoms with E-state index in [1.54, 1.807) is 6.92 Å². The molecule has 0 spiro atoms. The molecule has 1 heterocycles. The van der Waals surface area contributed by atoms with E-state index in [1.165, 1.54) is 29.2 Å². The van der Waals surface area contributed by atoms with Crippen molar-refractivity contribution in [3.05, 3.63) is 16.7 Å². The zero-order valence-corrected chi connectivity index (χ0v) is 9.48. The molecule has 0 radical (unpaired) electrons. The minimum atomic E-state index is -0.906. The van der Waals surface area contributed by atoms with Crippen molar-refractivity contribution >= 4 is 29.1 Å². The Morgan fingerprint density at radius 1 is 1.64 bits per heavy atom. The Morgan fingerprint density at radius 3 is 2.86 bits per heavy atom. The van der Waals surface area contributed by atoms with E-state index in [2.05, 4.69) is 10.2 Å². The molecule has 76 valence electrons. The summed E-state index contributed by atoms with van der Waals surface area (Å²) in [6, 6.07) is 0. The molecule has 0 aliphatic heterocycles. The molecule has 6 heteroatoms. The highest BCUT2D eigenvalue weighted by Crippen LogP contribution is 2.23. The molecule has 4 nitrogen and oxygen atoms in total. The molecule has 1 rings (SSSR count). The zero-order valence-electron chi connectivity index (χ0n) is 7.85. The number of thioether (sulfide) groups is 1. The Kier molecular flexibility index (Phi) is 4.09. The predicted octanol–water partition coefficient (Wildman–Crippen LogP) is 1.97. The van der Waals surface area contributed by atoms with Crippen molar-refractivity contribution in [1.82, 2.24) is 10.2 Å². The Labute approximate surface area is 90.1 Å². The number of carbonyl (C=O) groups is 1. The Hall–Kier alpha value is -0.880. The molecule has 0 saturated carbocycles. The molecule has 0 aliphatic carbocycles. The maximum Gasteiger partial charge on any atom is 0.328 e. The molecule has 1 aromatic rings. The fraction of sp³-hybridized carbons (Fsp3) is 0.375. The van der Waals surface area contributed by atoms with Crippen LogP contribution in [0.1, 0.15) is 11.9 Å². The summed E-state index contributed by atoms with van der Waals surface area (Å²) in [6.07, 6.45) is 1.21.